The molecule has 0 unspecified atom stereocenters. The summed E-state index contributed by atoms with van der Waals surface area (Å²) in [7, 11) is 0. The summed E-state index contributed by atoms with van der Waals surface area (Å²) in [6, 6.07) is 6.35. The molecular formula is C18H25N3OS. The Morgan fingerprint density at radius 2 is 2.00 bits per heavy atom. The van der Waals surface area contributed by atoms with Gasteiger partial charge in [-0.15, -0.1) is 0 Å². The lowest BCUT2D eigenvalue weighted by Crippen LogP contribution is -2.44. The zero-order valence-corrected chi connectivity index (χ0v) is 15.5. The Bertz CT molecular complexity index is 701. The van der Waals surface area contributed by atoms with Gasteiger partial charge in [-0.1, -0.05) is 23.9 Å². The van der Waals surface area contributed by atoms with E-state index in [0.717, 1.165) is 10.8 Å². The number of hydrogen-bond donors (Lipinski definition) is 1. The molecule has 1 aromatic heterocycles. The maximum atomic E-state index is 12.3. The van der Waals surface area contributed by atoms with Gasteiger partial charge in [-0.2, -0.15) is 0 Å². The Kier molecular flexibility index (Phi) is 5.19. The first kappa shape index (κ1) is 17.6. The average molecular weight is 331 g/mol. The maximum absolute atomic E-state index is 12.3. The van der Waals surface area contributed by atoms with Crippen LogP contribution < -0.4 is 5.32 Å². The highest BCUT2D eigenvalue weighted by atomic mass is 32.2. The van der Waals surface area contributed by atoms with Crippen molar-refractivity contribution in [3.05, 3.63) is 41.7 Å². The number of imidazole rings is 1. The highest BCUT2D eigenvalue weighted by Gasteiger charge is 2.22. The summed E-state index contributed by atoms with van der Waals surface area (Å²) in [6.07, 6.45) is 3.72. The number of rotatable bonds is 4. The lowest BCUT2D eigenvalue weighted by Gasteiger charge is -2.23. The monoisotopic (exact) mass is 331 g/mol. The molecule has 0 aliphatic rings. The minimum atomic E-state index is -0.228. The molecule has 1 N–H and O–H groups in total. The van der Waals surface area contributed by atoms with Crippen molar-refractivity contribution in [3.63, 3.8) is 0 Å². The van der Waals surface area contributed by atoms with Crippen molar-refractivity contribution in [2.75, 3.05) is 0 Å². The van der Waals surface area contributed by atoms with Crippen molar-refractivity contribution >= 4 is 17.7 Å². The summed E-state index contributed by atoms with van der Waals surface area (Å²) >= 11 is 1.47. The van der Waals surface area contributed by atoms with E-state index in [-0.39, 0.29) is 16.7 Å². The van der Waals surface area contributed by atoms with Gasteiger partial charge in [-0.25, -0.2) is 4.98 Å². The molecule has 0 aliphatic carbocycles. The molecule has 1 heterocycles. The first-order valence-corrected chi connectivity index (χ1v) is 8.65. The quantitative estimate of drug-likeness (QED) is 0.865. The second-order valence-corrected chi connectivity index (χ2v) is 8.18. The highest BCUT2D eigenvalue weighted by molar-refractivity contribution is 8.00. The Hall–Kier alpha value is -1.75. The second kappa shape index (κ2) is 6.79. The van der Waals surface area contributed by atoms with E-state index in [9.17, 15) is 4.79 Å². The van der Waals surface area contributed by atoms with E-state index >= 15 is 0 Å². The molecule has 2 rings (SSSR count). The van der Waals surface area contributed by atoms with Crippen LogP contribution in [0.4, 0.5) is 0 Å². The van der Waals surface area contributed by atoms with Crippen LogP contribution in [0, 0.1) is 13.8 Å². The van der Waals surface area contributed by atoms with Crippen molar-refractivity contribution in [1.29, 1.82) is 0 Å². The second-order valence-electron chi connectivity index (χ2n) is 6.87. The van der Waals surface area contributed by atoms with Crippen molar-refractivity contribution in [2.24, 2.45) is 0 Å². The minimum absolute atomic E-state index is 0.0259. The Labute approximate surface area is 142 Å². The van der Waals surface area contributed by atoms with Gasteiger partial charge < -0.3 is 5.32 Å². The molecule has 23 heavy (non-hydrogen) atoms. The number of nitrogens with zero attached hydrogens (tertiary/aromatic N) is 2. The molecular weight excluding hydrogens is 306 g/mol. The minimum Gasteiger partial charge on any atom is -0.351 e. The topological polar surface area (TPSA) is 46.9 Å². The fraction of sp³-hybridized carbons (Fsp3) is 0.444. The molecule has 0 bridgehead atoms. The molecule has 4 nitrogen and oxygen atoms in total. The molecule has 0 spiro atoms. The average Bonchev–Trinajstić information content (AvgIpc) is 2.87. The van der Waals surface area contributed by atoms with E-state index < -0.39 is 0 Å². The van der Waals surface area contributed by atoms with Crippen LogP contribution >= 0.6 is 11.8 Å². The van der Waals surface area contributed by atoms with Gasteiger partial charge in [0.15, 0.2) is 5.16 Å². The molecule has 1 atom stereocenters. The van der Waals surface area contributed by atoms with Crippen molar-refractivity contribution < 1.29 is 4.79 Å². The predicted molar refractivity (Wildman–Crippen MR) is 96.3 cm³/mol. The standard InChI is InChI=1S/C18H25N3OS/c1-12-7-8-13(2)15(11-12)21-10-9-19-17(21)23-14(3)16(22)20-18(4,5)6/h7-11,14H,1-6H3,(H,20,22)/t14-/m0/s1. The molecule has 1 aromatic carbocycles. The first-order chi connectivity index (χ1) is 10.7. The van der Waals surface area contributed by atoms with E-state index in [0.29, 0.717) is 0 Å². The van der Waals surface area contributed by atoms with E-state index in [1.54, 1.807) is 6.20 Å². The SMILES string of the molecule is Cc1ccc(C)c(-n2ccnc2S[C@@H](C)C(=O)NC(C)(C)C)c1. The molecule has 0 saturated heterocycles. The van der Waals surface area contributed by atoms with Crippen LogP contribution in [-0.2, 0) is 4.79 Å². The van der Waals surface area contributed by atoms with Crippen LogP contribution in [0.2, 0.25) is 0 Å². The number of nitrogens with one attached hydrogen (secondary N) is 1. The van der Waals surface area contributed by atoms with Crippen molar-refractivity contribution in [2.45, 2.75) is 57.5 Å². The zero-order valence-electron chi connectivity index (χ0n) is 14.7. The van der Waals surface area contributed by atoms with Gasteiger partial charge in [0.2, 0.25) is 5.91 Å². The number of thioether (sulfide) groups is 1. The summed E-state index contributed by atoms with van der Waals surface area (Å²) < 4.78 is 2.05. The van der Waals surface area contributed by atoms with E-state index in [2.05, 4.69) is 42.3 Å². The third kappa shape index (κ3) is 4.61. The van der Waals surface area contributed by atoms with Gasteiger partial charge in [0, 0.05) is 17.9 Å². The highest BCUT2D eigenvalue weighted by Crippen LogP contribution is 2.27. The number of aryl methyl sites for hydroxylation is 2. The third-order valence-corrected chi connectivity index (χ3v) is 4.46. The Balaban J connectivity index is 2.22. The van der Waals surface area contributed by atoms with Crippen molar-refractivity contribution in [3.8, 4) is 5.69 Å². The number of carbonyl (C=O) groups is 1. The fourth-order valence-electron chi connectivity index (χ4n) is 2.22. The number of amides is 1. The summed E-state index contributed by atoms with van der Waals surface area (Å²) in [4.78, 5) is 16.7. The Morgan fingerprint density at radius 1 is 1.30 bits per heavy atom. The third-order valence-electron chi connectivity index (χ3n) is 3.38. The van der Waals surface area contributed by atoms with Gasteiger partial charge in [0.05, 0.1) is 10.9 Å². The van der Waals surface area contributed by atoms with E-state index in [1.165, 1.54) is 22.9 Å². The summed E-state index contributed by atoms with van der Waals surface area (Å²) in [5.74, 6) is 0.0259. The zero-order chi connectivity index (χ0) is 17.2. The molecule has 124 valence electrons. The van der Waals surface area contributed by atoms with Gasteiger partial charge in [0.1, 0.15) is 0 Å². The normalized spacial score (nSPS) is 13.0. The van der Waals surface area contributed by atoms with Gasteiger partial charge in [-0.05, 0) is 58.7 Å². The molecule has 0 radical (unpaired) electrons. The van der Waals surface area contributed by atoms with E-state index in [4.69, 9.17) is 0 Å². The van der Waals surface area contributed by atoms with Crippen LogP contribution in [0.1, 0.15) is 38.8 Å². The summed E-state index contributed by atoms with van der Waals surface area (Å²) in [5.41, 5.74) is 3.26. The van der Waals surface area contributed by atoms with Crippen LogP contribution in [0.25, 0.3) is 5.69 Å². The fourth-order valence-corrected chi connectivity index (χ4v) is 3.10. The number of carbonyl (C=O) groups excluding carboxylic acids is 1. The van der Waals surface area contributed by atoms with Crippen LogP contribution in [0.3, 0.4) is 0 Å². The van der Waals surface area contributed by atoms with Crippen molar-refractivity contribution in [1.82, 2.24) is 14.9 Å². The van der Waals surface area contributed by atoms with E-state index in [1.807, 2.05) is 38.5 Å². The molecule has 5 heteroatoms. The van der Waals surface area contributed by atoms with Crippen LogP contribution in [0.15, 0.2) is 35.7 Å². The first-order valence-electron chi connectivity index (χ1n) is 7.77. The van der Waals surface area contributed by atoms with Crippen LogP contribution in [0.5, 0.6) is 0 Å². The lowest BCUT2D eigenvalue weighted by molar-refractivity contribution is -0.121. The summed E-state index contributed by atoms with van der Waals surface area (Å²) in [5, 5.41) is 3.64. The largest absolute Gasteiger partial charge is 0.351 e. The summed E-state index contributed by atoms with van der Waals surface area (Å²) in [6.45, 7) is 12.0. The smallest absolute Gasteiger partial charge is 0.233 e. The molecule has 2 aromatic rings. The molecule has 1 amide bonds. The molecule has 0 fully saturated rings. The Morgan fingerprint density at radius 3 is 2.65 bits per heavy atom. The molecule has 0 aliphatic heterocycles. The van der Waals surface area contributed by atoms with Gasteiger partial charge in [0.25, 0.3) is 0 Å². The van der Waals surface area contributed by atoms with Crippen LogP contribution in [-0.4, -0.2) is 26.2 Å². The predicted octanol–water partition coefficient (Wildman–Crippen LogP) is 3.88. The lowest BCUT2D eigenvalue weighted by atomic mass is 10.1. The maximum Gasteiger partial charge on any atom is 0.233 e. The number of aromatic nitrogens is 2. The van der Waals surface area contributed by atoms with Gasteiger partial charge in [-0.3, -0.25) is 9.36 Å². The molecule has 0 saturated carbocycles. The van der Waals surface area contributed by atoms with Gasteiger partial charge >= 0.3 is 0 Å². The number of hydrogen-bond acceptors (Lipinski definition) is 3. The number of benzene rings is 1.